The summed E-state index contributed by atoms with van der Waals surface area (Å²) in [7, 11) is -3.64. The molecule has 1 aromatic rings. The average molecular weight is 401 g/mol. The highest BCUT2D eigenvalue weighted by atomic mass is 32.2. The van der Waals surface area contributed by atoms with Gasteiger partial charge >= 0.3 is 5.97 Å². The van der Waals surface area contributed by atoms with E-state index in [9.17, 15) is 18.0 Å². The maximum atomic E-state index is 12.8. The Labute approximate surface area is 162 Å². The van der Waals surface area contributed by atoms with Crippen molar-refractivity contribution in [2.24, 2.45) is 4.40 Å². The summed E-state index contributed by atoms with van der Waals surface area (Å²) < 4.78 is 33.0. The topological polar surface area (TPSA) is 105 Å². The molecule has 0 aromatic heterocycles. The minimum Gasteiger partial charge on any atom is -0.444 e. The van der Waals surface area contributed by atoms with E-state index in [4.69, 9.17) is 4.74 Å². The predicted molar refractivity (Wildman–Crippen MR) is 102 cm³/mol. The van der Waals surface area contributed by atoms with Crippen molar-refractivity contribution in [1.29, 1.82) is 0 Å². The van der Waals surface area contributed by atoms with E-state index in [1.54, 1.807) is 47.5 Å². The fourth-order valence-electron chi connectivity index (χ4n) is 2.95. The number of amides is 1. The predicted octanol–water partition coefficient (Wildman–Crippen LogP) is 1.05. The number of hydrogen-bond acceptors (Lipinski definition) is 6. The molecule has 3 aliphatic rings. The summed E-state index contributed by atoms with van der Waals surface area (Å²) in [6, 6.07) is 8.82. The zero-order valence-corrected chi connectivity index (χ0v) is 15.8. The number of benzene rings is 1. The number of carbonyl (C=O) groups excluding carboxylic acids is 2. The number of hydrogen-bond donors (Lipinski definition) is 1. The Balaban J connectivity index is 1.60. The van der Waals surface area contributed by atoms with Gasteiger partial charge in [-0.05, 0) is 25.0 Å². The number of nitrogens with zero attached hydrogens (tertiary/aromatic N) is 2. The quantitative estimate of drug-likeness (QED) is 0.740. The smallest absolute Gasteiger partial charge is 0.343 e. The van der Waals surface area contributed by atoms with Crippen molar-refractivity contribution >= 4 is 27.7 Å². The highest BCUT2D eigenvalue weighted by Gasteiger charge is 2.35. The fraction of sp³-hybridized carbons (Fsp3) is 0.316. The standard InChI is InChI=1S/C19H19N3O5S/c23-18(20-14-8-9-14)16(13-5-2-1-3-6-13)27-19(24)15-7-4-10-22-11-12-28(25,26)21-17(15)22/h1-7,10,14,16H,8-9,11-12H2,(H,20,23)/t16-/m0/s1. The van der Waals surface area contributed by atoms with Crippen LogP contribution in [0.5, 0.6) is 0 Å². The second-order valence-corrected chi connectivity index (χ2v) is 8.55. The molecule has 9 heteroatoms. The zero-order chi connectivity index (χ0) is 19.7. The summed E-state index contributed by atoms with van der Waals surface area (Å²) in [5.41, 5.74) is 0.543. The molecular weight excluding hydrogens is 382 g/mol. The number of sulfonamides is 1. The van der Waals surface area contributed by atoms with Gasteiger partial charge in [-0.25, -0.2) is 13.2 Å². The lowest BCUT2D eigenvalue weighted by Crippen LogP contribution is -2.41. The van der Waals surface area contributed by atoms with Gasteiger partial charge < -0.3 is 15.0 Å². The lowest BCUT2D eigenvalue weighted by atomic mass is 10.1. The Morgan fingerprint density at radius 2 is 1.96 bits per heavy atom. The Morgan fingerprint density at radius 3 is 2.68 bits per heavy atom. The molecule has 1 atom stereocenters. The summed E-state index contributed by atoms with van der Waals surface area (Å²) in [6.07, 6.45) is 5.39. The van der Waals surface area contributed by atoms with Gasteiger partial charge in [0.2, 0.25) is 6.10 Å². The van der Waals surface area contributed by atoms with E-state index in [-0.39, 0.29) is 29.7 Å². The van der Waals surface area contributed by atoms with Crippen LogP contribution in [0.2, 0.25) is 0 Å². The van der Waals surface area contributed by atoms with Gasteiger partial charge in [0.05, 0.1) is 5.75 Å². The van der Waals surface area contributed by atoms with E-state index in [0.717, 1.165) is 12.8 Å². The van der Waals surface area contributed by atoms with Crippen LogP contribution in [0.25, 0.3) is 0 Å². The summed E-state index contributed by atoms with van der Waals surface area (Å²) >= 11 is 0. The molecular formula is C19H19N3O5S. The maximum absolute atomic E-state index is 12.8. The Hall–Kier alpha value is -2.94. The monoisotopic (exact) mass is 401 g/mol. The number of allylic oxidation sites excluding steroid dienone is 2. The van der Waals surface area contributed by atoms with Gasteiger partial charge in [0, 0.05) is 24.4 Å². The van der Waals surface area contributed by atoms with Crippen molar-refractivity contribution in [1.82, 2.24) is 10.2 Å². The van der Waals surface area contributed by atoms with E-state index >= 15 is 0 Å². The molecule has 4 rings (SSSR count). The minimum atomic E-state index is -3.64. The lowest BCUT2D eigenvalue weighted by Gasteiger charge is -2.29. The van der Waals surface area contributed by atoms with E-state index in [1.165, 1.54) is 6.08 Å². The van der Waals surface area contributed by atoms with Crippen LogP contribution in [0.4, 0.5) is 0 Å². The van der Waals surface area contributed by atoms with Crippen LogP contribution in [-0.2, 0) is 24.3 Å². The number of nitrogens with one attached hydrogen (secondary N) is 1. The average Bonchev–Trinajstić information content (AvgIpc) is 3.49. The number of carbonyl (C=O) groups is 2. The van der Waals surface area contributed by atoms with Crippen molar-refractivity contribution in [2.45, 2.75) is 25.0 Å². The summed E-state index contributed by atoms with van der Waals surface area (Å²) in [6.45, 7) is 0.201. The van der Waals surface area contributed by atoms with Crippen molar-refractivity contribution < 1.29 is 22.7 Å². The third-order valence-electron chi connectivity index (χ3n) is 4.57. The third-order valence-corrected chi connectivity index (χ3v) is 5.72. The van der Waals surface area contributed by atoms with Crippen LogP contribution in [-0.4, -0.2) is 49.4 Å². The molecule has 28 heavy (non-hydrogen) atoms. The molecule has 1 N–H and O–H groups in total. The summed E-state index contributed by atoms with van der Waals surface area (Å²) in [4.78, 5) is 27.1. The first-order valence-corrected chi connectivity index (χ1v) is 10.6. The highest BCUT2D eigenvalue weighted by molar-refractivity contribution is 7.90. The molecule has 2 heterocycles. The molecule has 0 unspecified atom stereocenters. The van der Waals surface area contributed by atoms with Crippen LogP contribution in [0.15, 0.2) is 58.7 Å². The second kappa shape index (κ2) is 7.23. The first kappa shape index (κ1) is 18.4. The Morgan fingerprint density at radius 1 is 1.21 bits per heavy atom. The van der Waals surface area contributed by atoms with E-state index in [2.05, 4.69) is 9.71 Å². The zero-order valence-electron chi connectivity index (χ0n) is 14.9. The molecule has 0 spiro atoms. The molecule has 0 saturated heterocycles. The molecule has 1 amide bonds. The van der Waals surface area contributed by atoms with Gasteiger partial charge in [0.25, 0.3) is 15.9 Å². The summed E-state index contributed by atoms with van der Waals surface area (Å²) in [5.74, 6) is -1.30. The first-order chi connectivity index (χ1) is 13.4. The lowest BCUT2D eigenvalue weighted by molar-refractivity contribution is -0.152. The molecule has 146 valence electrons. The van der Waals surface area contributed by atoms with Crippen LogP contribution >= 0.6 is 0 Å². The van der Waals surface area contributed by atoms with Crippen LogP contribution in [0, 0.1) is 0 Å². The van der Waals surface area contributed by atoms with Crippen LogP contribution in [0.1, 0.15) is 24.5 Å². The van der Waals surface area contributed by atoms with Gasteiger partial charge in [-0.15, -0.1) is 4.40 Å². The number of ether oxygens (including phenoxy) is 1. The van der Waals surface area contributed by atoms with E-state index in [0.29, 0.717) is 5.56 Å². The molecule has 1 saturated carbocycles. The molecule has 2 aliphatic heterocycles. The Bertz CT molecular complexity index is 994. The van der Waals surface area contributed by atoms with Gasteiger partial charge in [-0.2, -0.15) is 0 Å². The molecule has 0 radical (unpaired) electrons. The van der Waals surface area contributed by atoms with Gasteiger partial charge in [0.15, 0.2) is 5.84 Å². The Kier molecular flexibility index (Phi) is 4.76. The number of amidine groups is 1. The molecule has 1 aromatic carbocycles. The van der Waals surface area contributed by atoms with E-state index in [1.807, 2.05) is 0 Å². The molecule has 1 fully saturated rings. The minimum absolute atomic E-state index is 0.00549. The number of esters is 1. The van der Waals surface area contributed by atoms with Crippen LogP contribution in [0.3, 0.4) is 0 Å². The van der Waals surface area contributed by atoms with Gasteiger partial charge in [-0.3, -0.25) is 4.79 Å². The highest BCUT2D eigenvalue weighted by Crippen LogP contribution is 2.25. The van der Waals surface area contributed by atoms with Crippen molar-refractivity contribution in [3.63, 3.8) is 0 Å². The first-order valence-electron chi connectivity index (χ1n) is 8.97. The normalized spacial score (nSPS) is 21.1. The van der Waals surface area contributed by atoms with Crippen LogP contribution < -0.4 is 5.32 Å². The molecule has 1 aliphatic carbocycles. The van der Waals surface area contributed by atoms with Crippen molar-refractivity contribution in [2.75, 3.05) is 12.3 Å². The number of fused-ring (bicyclic) bond motifs is 1. The van der Waals surface area contributed by atoms with Gasteiger partial charge in [0.1, 0.15) is 5.57 Å². The van der Waals surface area contributed by atoms with Crippen molar-refractivity contribution in [3.8, 4) is 0 Å². The van der Waals surface area contributed by atoms with E-state index < -0.39 is 28.0 Å². The largest absolute Gasteiger partial charge is 0.444 e. The fourth-order valence-corrected chi connectivity index (χ4v) is 3.94. The SMILES string of the molecule is O=C(O[C@H](C(=O)NC1CC1)c1ccccc1)C1=CC=CN2CCS(=O)(=O)N=C12. The number of rotatable bonds is 5. The molecule has 8 nitrogen and oxygen atoms in total. The molecule has 0 bridgehead atoms. The van der Waals surface area contributed by atoms with Crippen molar-refractivity contribution in [3.05, 3.63) is 59.8 Å². The van der Waals surface area contributed by atoms with Gasteiger partial charge in [-0.1, -0.05) is 30.3 Å². The maximum Gasteiger partial charge on any atom is 0.343 e. The third kappa shape index (κ3) is 3.99. The summed E-state index contributed by atoms with van der Waals surface area (Å²) in [5, 5.41) is 2.84. The second-order valence-electron chi connectivity index (χ2n) is 6.80.